The van der Waals surface area contributed by atoms with Gasteiger partial charge in [0.25, 0.3) is 0 Å². The molecule has 0 radical (unpaired) electrons. The molecule has 140 valence electrons. The molecule has 2 aromatic rings. The quantitative estimate of drug-likeness (QED) is 0.628. The van der Waals surface area contributed by atoms with E-state index < -0.39 is 11.6 Å². The summed E-state index contributed by atoms with van der Waals surface area (Å²) in [6.45, 7) is 8.25. The van der Waals surface area contributed by atoms with Gasteiger partial charge < -0.3 is 20.9 Å². The Hall–Kier alpha value is -2.69. The van der Waals surface area contributed by atoms with Gasteiger partial charge in [0.15, 0.2) is 0 Å². The van der Waals surface area contributed by atoms with Gasteiger partial charge in [-0.3, -0.25) is 0 Å². The second-order valence-electron chi connectivity index (χ2n) is 7.48. The average molecular weight is 356 g/mol. The van der Waals surface area contributed by atoms with Crippen molar-refractivity contribution in [3.05, 3.63) is 48.0 Å². The zero-order valence-electron chi connectivity index (χ0n) is 15.9. The Balaban J connectivity index is 2.15. The summed E-state index contributed by atoms with van der Waals surface area (Å²) in [4.78, 5) is 11.1. The van der Waals surface area contributed by atoms with E-state index in [-0.39, 0.29) is 6.61 Å². The first-order chi connectivity index (χ1) is 12.2. The van der Waals surface area contributed by atoms with E-state index in [0.717, 1.165) is 28.1 Å². The number of anilines is 1. The highest BCUT2D eigenvalue weighted by Crippen LogP contribution is 2.28. The van der Waals surface area contributed by atoms with Gasteiger partial charge in [0.2, 0.25) is 0 Å². The van der Waals surface area contributed by atoms with Crippen molar-refractivity contribution in [1.29, 1.82) is 0 Å². The molecule has 0 saturated heterocycles. The number of ether oxygens (including phenoxy) is 1. The number of amides is 1. The zero-order chi connectivity index (χ0) is 19.3. The molecule has 0 aliphatic rings. The molecule has 2 rings (SSSR count). The van der Waals surface area contributed by atoms with Gasteiger partial charge in [0, 0.05) is 5.69 Å². The Morgan fingerprint density at radius 2 is 1.92 bits per heavy atom. The Morgan fingerprint density at radius 1 is 1.23 bits per heavy atom. The van der Waals surface area contributed by atoms with Gasteiger partial charge in [0.1, 0.15) is 12.4 Å². The van der Waals surface area contributed by atoms with Crippen LogP contribution in [0.15, 0.2) is 42.5 Å². The molecule has 0 fully saturated rings. The molecule has 0 bridgehead atoms. The van der Waals surface area contributed by atoms with Gasteiger partial charge in [-0.05, 0) is 67.1 Å². The summed E-state index contributed by atoms with van der Waals surface area (Å²) in [7, 11) is 0. The van der Waals surface area contributed by atoms with Crippen molar-refractivity contribution in [1.82, 2.24) is 5.32 Å². The Morgan fingerprint density at radius 3 is 2.50 bits per heavy atom. The number of carboxylic acid groups (broad SMARTS) is 1. The highest BCUT2D eigenvalue weighted by Gasteiger charge is 2.28. The van der Waals surface area contributed by atoms with Crippen LogP contribution in [0.2, 0.25) is 0 Å². The summed E-state index contributed by atoms with van der Waals surface area (Å²) in [5.41, 5.74) is 9.06. The molecule has 2 aromatic carbocycles. The highest BCUT2D eigenvalue weighted by molar-refractivity contribution is 5.69. The fraction of sp³-hybridized carbons (Fsp3) is 0.381. The van der Waals surface area contributed by atoms with E-state index in [2.05, 4.69) is 25.2 Å². The van der Waals surface area contributed by atoms with Gasteiger partial charge in [-0.1, -0.05) is 32.0 Å². The topological polar surface area (TPSA) is 84.6 Å². The Labute approximate surface area is 155 Å². The molecule has 0 aromatic heterocycles. The smallest absolute Gasteiger partial charge is 0.405 e. The molecule has 0 heterocycles. The minimum atomic E-state index is -1.04. The van der Waals surface area contributed by atoms with Crippen LogP contribution in [-0.2, 0) is 0 Å². The molecule has 0 aliphatic carbocycles. The van der Waals surface area contributed by atoms with Crippen LogP contribution in [0.1, 0.15) is 32.8 Å². The maximum Gasteiger partial charge on any atom is 0.405 e. The lowest BCUT2D eigenvalue weighted by Gasteiger charge is -2.31. The molecular weight excluding hydrogens is 328 g/mol. The molecule has 1 amide bonds. The summed E-state index contributed by atoms with van der Waals surface area (Å²) < 4.78 is 5.97. The average Bonchev–Trinajstić information content (AvgIpc) is 2.52. The molecule has 5 nitrogen and oxygen atoms in total. The van der Waals surface area contributed by atoms with Crippen LogP contribution in [0.5, 0.6) is 5.75 Å². The number of aryl methyl sites for hydroxylation is 1. The minimum absolute atomic E-state index is 0.274. The summed E-state index contributed by atoms with van der Waals surface area (Å²) in [6.07, 6.45) is -0.342. The van der Waals surface area contributed by atoms with E-state index in [1.54, 1.807) is 0 Å². The third-order valence-electron chi connectivity index (χ3n) is 4.21. The molecule has 5 heteroatoms. The van der Waals surface area contributed by atoms with Crippen molar-refractivity contribution < 1.29 is 14.6 Å². The van der Waals surface area contributed by atoms with Crippen LogP contribution >= 0.6 is 0 Å². The van der Waals surface area contributed by atoms with Crippen LogP contribution in [0.4, 0.5) is 10.5 Å². The third-order valence-corrected chi connectivity index (χ3v) is 4.21. The molecule has 0 aliphatic heterocycles. The van der Waals surface area contributed by atoms with Gasteiger partial charge in [-0.2, -0.15) is 0 Å². The van der Waals surface area contributed by atoms with E-state index in [1.807, 2.05) is 50.2 Å². The highest BCUT2D eigenvalue weighted by atomic mass is 16.5. The maximum absolute atomic E-state index is 11.1. The van der Waals surface area contributed by atoms with Gasteiger partial charge in [0.05, 0.1) is 5.54 Å². The lowest BCUT2D eigenvalue weighted by Crippen LogP contribution is -2.50. The van der Waals surface area contributed by atoms with Gasteiger partial charge in [-0.25, -0.2) is 4.79 Å². The minimum Gasteiger partial charge on any atom is -0.491 e. The molecule has 0 spiro atoms. The van der Waals surface area contributed by atoms with E-state index in [4.69, 9.17) is 15.6 Å². The predicted molar refractivity (Wildman–Crippen MR) is 106 cm³/mol. The number of carbonyl (C=O) groups is 1. The van der Waals surface area contributed by atoms with Crippen molar-refractivity contribution in [2.75, 3.05) is 12.3 Å². The lowest BCUT2D eigenvalue weighted by molar-refractivity contribution is 0.143. The summed E-state index contributed by atoms with van der Waals surface area (Å²) >= 11 is 0. The number of nitrogen functional groups attached to an aromatic ring is 1. The van der Waals surface area contributed by atoms with Crippen LogP contribution in [0.3, 0.4) is 0 Å². The predicted octanol–water partition coefficient (Wildman–Crippen LogP) is 4.70. The lowest BCUT2D eigenvalue weighted by atomic mass is 9.91. The van der Waals surface area contributed by atoms with E-state index in [0.29, 0.717) is 12.3 Å². The Kier molecular flexibility index (Phi) is 6.14. The van der Waals surface area contributed by atoms with Gasteiger partial charge in [-0.15, -0.1) is 0 Å². The first-order valence-corrected chi connectivity index (χ1v) is 8.79. The third kappa shape index (κ3) is 5.41. The number of nitrogens with two attached hydrogens (primary N) is 1. The normalized spacial score (nSPS) is 13.3. The second-order valence-corrected chi connectivity index (χ2v) is 7.48. The first-order valence-electron chi connectivity index (χ1n) is 8.79. The van der Waals surface area contributed by atoms with Crippen molar-refractivity contribution >= 4 is 11.8 Å². The second kappa shape index (κ2) is 8.13. The van der Waals surface area contributed by atoms with Crippen LogP contribution in [0, 0.1) is 12.8 Å². The number of hydrogen-bond donors (Lipinski definition) is 3. The van der Waals surface area contributed by atoms with Crippen LogP contribution < -0.4 is 15.8 Å². The number of benzene rings is 2. The largest absolute Gasteiger partial charge is 0.491 e. The summed E-state index contributed by atoms with van der Waals surface area (Å²) in [5.74, 6) is 1.10. The van der Waals surface area contributed by atoms with Crippen molar-refractivity contribution in [3.63, 3.8) is 0 Å². The molecular formula is C21H28N2O3. The zero-order valence-corrected chi connectivity index (χ0v) is 15.9. The van der Waals surface area contributed by atoms with Crippen molar-refractivity contribution in [2.24, 2.45) is 5.92 Å². The summed E-state index contributed by atoms with van der Waals surface area (Å²) in [5, 5.41) is 11.7. The molecule has 1 atom stereocenters. The fourth-order valence-electron chi connectivity index (χ4n) is 3.25. The summed E-state index contributed by atoms with van der Waals surface area (Å²) in [6, 6.07) is 13.7. The molecule has 0 saturated carbocycles. The number of hydrogen-bond acceptors (Lipinski definition) is 3. The molecule has 4 N–H and O–H groups in total. The first kappa shape index (κ1) is 19.6. The van der Waals surface area contributed by atoms with Crippen LogP contribution in [0.25, 0.3) is 11.1 Å². The van der Waals surface area contributed by atoms with E-state index in [1.165, 1.54) is 0 Å². The number of rotatable bonds is 7. The van der Waals surface area contributed by atoms with Crippen molar-refractivity contribution in [2.45, 2.75) is 39.7 Å². The maximum atomic E-state index is 11.1. The fourth-order valence-corrected chi connectivity index (χ4v) is 3.25. The van der Waals surface area contributed by atoms with E-state index >= 15 is 0 Å². The van der Waals surface area contributed by atoms with Crippen molar-refractivity contribution in [3.8, 4) is 16.9 Å². The molecule has 26 heavy (non-hydrogen) atoms. The standard InChI is InChI=1S/C21H28N2O3/c1-14(2)12-21(4,23-20(24)25)13-26-19-9-8-17(10-15(19)3)16-6-5-7-18(22)11-16/h5-11,14,23H,12-13,22H2,1-4H3,(H,24,25). The van der Waals surface area contributed by atoms with Crippen LogP contribution in [-0.4, -0.2) is 23.3 Å². The monoisotopic (exact) mass is 356 g/mol. The van der Waals surface area contributed by atoms with E-state index in [9.17, 15) is 4.79 Å². The Bertz CT molecular complexity index is 774. The SMILES string of the molecule is Cc1cc(-c2cccc(N)c2)ccc1OCC(C)(CC(C)C)NC(=O)O. The molecule has 1 unspecified atom stereocenters. The van der Waals surface area contributed by atoms with Gasteiger partial charge >= 0.3 is 6.09 Å². The number of nitrogens with one attached hydrogen (secondary N) is 1.